The van der Waals surface area contributed by atoms with Crippen LogP contribution >= 0.6 is 27.5 Å². The van der Waals surface area contributed by atoms with Crippen molar-refractivity contribution in [1.82, 2.24) is 4.98 Å². The van der Waals surface area contributed by atoms with Crippen LogP contribution in [0.5, 0.6) is 0 Å². The average molecular weight is 362 g/mol. The zero-order valence-corrected chi connectivity index (χ0v) is 13.1. The Labute approximate surface area is 135 Å². The number of aromatic nitrogens is 1. The molecule has 3 aromatic rings. The Morgan fingerprint density at radius 2 is 1.95 bits per heavy atom. The van der Waals surface area contributed by atoms with Crippen molar-refractivity contribution in [2.45, 2.75) is 0 Å². The van der Waals surface area contributed by atoms with E-state index in [4.69, 9.17) is 11.6 Å². The molecule has 2 aromatic carbocycles. The summed E-state index contributed by atoms with van der Waals surface area (Å²) in [6.07, 6.45) is 1.70. The van der Waals surface area contributed by atoms with Crippen LogP contribution in [-0.4, -0.2) is 10.9 Å². The number of nitrogens with zero attached hydrogens (tertiary/aromatic N) is 1. The van der Waals surface area contributed by atoms with Crippen molar-refractivity contribution in [1.29, 1.82) is 0 Å². The van der Waals surface area contributed by atoms with Crippen LogP contribution in [0.1, 0.15) is 10.4 Å². The fourth-order valence-electron chi connectivity index (χ4n) is 2.07. The Morgan fingerprint density at radius 3 is 2.81 bits per heavy atom. The van der Waals surface area contributed by atoms with Gasteiger partial charge < -0.3 is 5.32 Å². The number of nitrogens with one attached hydrogen (secondary N) is 1. The molecular formula is C16H10BrClN2O. The number of pyridine rings is 1. The first-order chi connectivity index (χ1) is 10.1. The molecule has 5 heteroatoms. The quantitative estimate of drug-likeness (QED) is 0.705. The van der Waals surface area contributed by atoms with E-state index in [0.29, 0.717) is 16.3 Å². The predicted octanol–water partition coefficient (Wildman–Crippen LogP) is 4.90. The third kappa shape index (κ3) is 2.91. The lowest BCUT2D eigenvalue weighted by molar-refractivity contribution is 0.102. The van der Waals surface area contributed by atoms with E-state index in [9.17, 15) is 4.79 Å². The summed E-state index contributed by atoms with van der Waals surface area (Å²) >= 11 is 9.42. The van der Waals surface area contributed by atoms with Crippen molar-refractivity contribution >= 4 is 50.0 Å². The monoisotopic (exact) mass is 360 g/mol. The molecular weight excluding hydrogens is 352 g/mol. The van der Waals surface area contributed by atoms with E-state index < -0.39 is 0 Å². The van der Waals surface area contributed by atoms with Gasteiger partial charge in [-0.15, -0.1) is 0 Å². The molecule has 0 aliphatic heterocycles. The maximum absolute atomic E-state index is 12.4. The van der Waals surface area contributed by atoms with Crippen LogP contribution in [0.15, 0.2) is 59.2 Å². The molecule has 0 radical (unpaired) electrons. The number of carbonyl (C=O) groups excluding carboxylic acids is 1. The second-order valence-corrected chi connectivity index (χ2v) is 5.78. The number of benzene rings is 2. The molecule has 0 unspecified atom stereocenters. The summed E-state index contributed by atoms with van der Waals surface area (Å²) in [4.78, 5) is 16.7. The van der Waals surface area contributed by atoms with Gasteiger partial charge in [0.15, 0.2) is 0 Å². The Balaban J connectivity index is 1.99. The number of amides is 1. The molecule has 0 bridgehead atoms. The van der Waals surface area contributed by atoms with Crippen LogP contribution in [-0.2, 0) is 0 Å². The molecule has 1 N–H and O–H groups in total. The first kappa shape index (κ1) is 14.0. The van der Waals surface area contributed by atoms with Gasteiger partial charge in [-0.3, -0.25) is 9.78 Å². The second-order valence-electron chi connectivity index (χ2n) is 4.46. The first-order valence-corrected chi connectivity index (χ1v) is 7.42. The van der Waals surface area contributed by atoms with E-state index in [-0.39, 0.29) is 5.91 Å². The van der Waals surface area contributed by atoms with Gasteiger partial charge in [0.1, 0.15) is 0 Å². The number of rotatable bonds is 2. The number of fused-ring (bicyclic) bond motifs is 1. The van der Waals surface area contributed by atoms with E-state index in [1.54, 1.807) is 24.4 Å². The van der Waals surface area contributed by atoms with Crippen LogP contribution in [0.3, 0.4) is 0 Å². The summed E-state index contributed by atoms with van der Waals surface area (Å²) in [5, 5.41) is 4.24. The molecule has 0 aliphatic rings. The third-order valence-electron chi connectivity index (χ3n) is 3.05. The molecule has 21 heavy (non-hydrogen) atoms. The normalized spacial score (nSPS) is 10.6. The number of hydrogen-bond donors (Lipinski definition) is 1. The lowest BCUT2D eigenvalue weighted by Gasteiger charge is -2.09. The minimum atomic E-state index is -0.264. The number of carbonyl (C=O) groups is 1. The van der Waals surface area contributed by atoms with Gasteiger partial charge in [0, 0.05) is 16.1 Å². The highest BCUT2D eigenvalue weighted by molar-refractivity contribution is 9.10. The smallest absolute Gasteiger partial charge is 0.257 e. The molecule has 3 rings (SSSR count). The lowest BCUT2D eigenvalue weighted by Crippen LogP contribution is -2.13. The van der Waals surface area contributed by atoms with Gasteiger partial charge in [-0.05, 0) is 30.3 Å². The number of halogens is 2. The van der Waals surface area contributed by atoms with Gasteiger partial charge in [-0.1, -0.05) is 45.7 Å². The van der Waals surface area contributed by atoms with Crippen LogP contribution in [0, 0.1) is 0 Å². The van der Waals surface area contributed by atoms with Crippen LogP contribution in [0.2, 0.25) is 5.02 Å². The summed E-state index contributed by atoms with van der Waals surface area (Å²) in [7, 11) is 0. The highest BCUT2D eigenvalue weighted by Gasteiger charge is 2.12. The molecule has 1 heterocycles. The Bertz CT molecular complexity index is 830. The van der Waals surface area contributed by atoms with Crippen molar-refractivity contribution in [3.63, 3.8) is 0 Å². The van der Waals surface area contributed by atoms with Crippen molar-refractivity contribution in [3.05, 3.63) is 69.8 Å². The maximum atomic E-state index is 12.4. The van der Waals surface area contributed by atoms with Gasteiger partial charge in [-0.25, -0.2) is 0 Å². The molecule has 1 aromatic heterocycles. The average Bonchev–Trinajstić information content (AvgIpc) is 2.50. The molecule has 1 amide bonds. The molecule has 3 nitrogen and oxygen atoms in total. The van der Waals surface area contributed by atoms with Gasteiger partial charge >= 0.3 is 0 Å². The highest BCUT2D eigenvalue weighted by atomic mass is 79.9. The lowest BCUT2D eigenvalue weighted by atomic mass is 10.1. The van der Waals surface area contributed by atoms with Crippen molar-refractivity contribution in [2.75, 3.05) is 5.32 Å². The summed E-state index contributed by atoms with van der Waals surface area (Å²) in [5.74, 6) is -0.264. The molecule has 0 spiro atoms. The van der Waals surface area contributed by atoms with Gasteiger partial charge in [0.05, 0.1) is 21.8 Å². The minimum Gasteiger partial charge on any atom is -0.320 e. The largest absolute Gasteiger partial charge is 0.320 e. The zero-order chi connectivity index (χ0) is 14.8. The van der Waals surface area contributed by atoms with Crippen LogP contribution < -0.4 is 5.32 Å². The minimum absolute atomic E-state index is 0.264. The maximum Gasteiger partial charge on any atom is 0.257 e. The second kappa shape index (κ2) is 5.84. The predicted molar refractivity (Wildman–Crippen MR) is 88.8 cm³/mol. The molecule has 0 aliphatic carbocycles. The fourth-order valence-corrected chi connectivity index (χ4v) is 2.63. The van der Waals surface area contributed by atoms with Crippen molar-refractivity contribution < 1.29 is 4.79 Å². The Kier molecular flexibility index (Phi) is 3.90. The summed E-state index contributed by atoms with van der Waals surface area (Å²) in [6.45, 7) is 0. The van der Waals surface area contributed by atoms with Crippen LogP contribution in [0.4, 0.5) is 5.69 Å². The summed E-state index contributed by atoms with van der Waals surface area (Å²) < 4.78 is 0.799. The number of para-hydroxylation sites is 1. The number of hydrogen-bond acceptors (Lipinski definition) is 2. The van der Waals surface area contributed by atoms with Gasteiger partial charge in [0.2, 0.25) is 0 Å². The molecule has 0 fully saturated rings. The van der Waals surface area contributed by atoms with Gasteiger partial charge in [0.25, 0.3) is 5.91 Å². The number of anilines is 1. The van der Waals surface area contributed by atoms with E-state index in [1.165, 1.54) is 0 Å². The fraction of sp³-hybridized carbons (Fsp3) is 0. The van der Waals surface area contributed by atoms with Gasteiger partial charge in [-0.2, -0.15) is 0 Å². The van der Waals surface area contributed by atoms with E-state index in [0.717, 1.165) is 15.4 Å². The van der Waals surface area contributed by atoms with E-state index >= 15 is 0 Å². The van der Waals surface area contributed by atoms with E-state index in [2.05, 4.69) is 26.2 Å². The topological polar surface area (TPSA) is 42.0 Å². The van der Waals surface area contributed by atoms with E-state index in [1.807, 2.05) is 30.3 Å². The van der Waals surface area contributed by atoms with Crippen molar-refractivity contribution in [2.24, 2.45) is 0 Å². The summed E-state index contributed by atoms with van der Waals surface area (Å²) in [6, 6.07) is 14.6. The zero-order valence-electron chi connectivity index (χ0n) is 10.8. The molecule has 0 saturated heterocycles. The highest BCUT2D eigenvalue weighted by Crippen LogP contribution is 2.24. The third-order valence-corrected chi connectivity index (χ3v) is 3.88. The van der Waals surface area contributed by atoms with Crippen molar-refractivity contribution in [3.8, 4) is 0 Å². The molecule has 0 atom stereocenters. The molecule has 104 valence electrons. The first-order valence-electron chi connectivity index (χ1n) is 6.25. The van der Waals surface area contributed by atoms with Crippen LogP contribution in [0.25, 0.3) is 10.9 Å². The molecule has 0 saturated carbocycles. The standard InChI is InChI=1S/C16H10BrClN2O/c17-11-6-7-13(18)12(9-11)16(21)20-14-5-1-3-10-4-2-8-19-15(10)14/h1-9H,(H,20,21). The SMILES string of the molecule is O=C(Nc1cccc2cccnc12)c1cc(Br)ccc1Cl. The Morgan fingerprint density at radius 1 is 1.14 bits per heavy atom. The Hall–Kier alpha value is -1.91. The summed E-state index contributed by atoms with van der Waals surface area (Å²) in [5.41, 5.74) is 1.83.